The zero-order valence-electron chi connectivity index (χ0n) is 11.5. The highest BCUT2D eigenvalue weighted by Gasteiger charge is 2.43. The van der Waals surface area contributed by atoms with Gasteiger partial charge in [-0.3, -0.25) is 9.69 Å². The second-order valence-electron chi connectivity index (χ2n) is 5.67. The molecule has 2 heterocycles. The van der Waals surface area contributed by atoms with Gasteiger partial charge in [0.25, 0.3) is 6.43 Å². The van der Waals surface area contributed by atoms with E-state index in [-0.39, 0.29) is 25.0 Å². The Morgan fingerprint density at radius 1 is 1.40 bits per heavy atom. The van der Waals surface area contributed by atoms with Crippen LogP contribution in [0.1, 0.15) is 26.2 Å². The van der Waals surface area contributed by atoms with Gasteiger partial charge in [0.15, 0.2) is 0 Å². The number of aliphatic carboxylic acids is 1. The molecule has 0 aliphatic carbocycles. The number of carbonyl (C=O) groups is 2. The number of rotatable bonds is 3. The summed E-state index contributed by atoms with van der Waals surface area (Å²) >= 11 is 0. The molecule has 2 aliphatic heterocycles. The van der Waals surface area contributed by atoms with Gasteiger partial charge < -0.3 is 10.0 Å². The summed E-state index contributed by atoms with van der Waals surface area (Å²) in [4.78, 5) is 26.7. The predicted octanol–water partition coefficient (Wildman–Crippen LogP) is 1.04. The van der Waals surface area contributed by atoms with Crippen molar-refractivity contribution in [1.29, 1.82) is 0 Å². The van der Waals surface area contributed by atoms with Gasteiger partial charge in [0.1, 0.15) is 6.04 Å². The summed E-state index contributed by atoms with van der Waals surface area (Å²) in [6.07, 6.45) is -0.761. The standard InChI is InChI=1S/C13H20F2N2O3/c1-8-6-16(7-11(14)15)5-4-9-2-3-10(13(19)20)17(9)12(8)18/h8-11H,2-7H2,1H3,(H,19,20)/t8-,9+,10-/m0/s1. The number of halogens is 2. The topological polar surface area (TPSA) is 60.9 Å². The molecule has 0 aromatic heterocycles. The van der Waals surface area contributed by atoms with Crippen molar-refractivity contribution in [1.82, 2.24) is 9.80 Å². The van der Waals surface area contributed by atoms with Crippen molar-refractivity contribution in [2.75, 3.05) is 19.6 Å². The summed E-state index contributed by atoms with van der Waals surface area (Å²) in [6.45, 7) is 2.10. The van der Waals surface area contributed by atoms with Crippen LogP contribution in [0, 0.1) is 5.92 Å². The molecule has 0 aromatic carbocycles. The molecule has 2 rings (SSSR count). The van der Waals surface area contributed by atoms with Gasteiger partial charge in [-0.15, -0.1) is 0 Å². The maximum atomic E-state index is 12.5. The Labute approximate surface area is 116 Å². The Kier molecular flexibility index (Phi) is 4.57. The number of alkyl halides is 2. The second-order valence-corrected chi connectivity index (χ2v) is 5.67. The number of nitrogens with zero attached hydrogens (tertiary/aromatic N) is 2. The number of hydrogen-bond donors (Lipinski definition) is 1. The van der Waals surface area contributed by atoms with Crippen molar-refractivity contribution in [2.24, 2.45) is 5.92 Å². The fourth-order valence-corrected chi connectivity index (χ4v) is 3.25. The Morgan fingerprint density at radius 3 is 2.70 bits per heavy atom. The highest BCUT2D eigenvalue weighted by atomic mass is 19.3. The molecular weight excluding hydrogens is 270 g/mol. The zero-order valence-corrected chi connectivity index (χ0v) is 11.5. The predicted molar refractivity (Wildman–Crippen MR) is 67.5 cm³/mol. The first-order valence-electron chi connectivity index (χ1n) is 6.95. The van der Waals surface area contributed by atoms with Gasteiger partial charge in [0, 0.05) is 25.0 Å². The molecule has 114 valence electrons. The molecule has 0 aromatic rings. The van der Waals surface area contributed by atoms with Crippen LogP contribution in [0.15, 0.2) is 0 Å². The third kappa shape index (κ3) is 3.08. The van der Waals surface area contributed by atoms with E-state index >= 15 is 0 Å². The van der Waals surface area contributed by atoms with E-state index in [9.17, 15) is 23.5 Å². The molecule has 0 bridgehead atoms. The SMILES string of the molecule is C[C@H]1CN(CC(F)F)CC[C@H]2CC[C@@H](C(=O)O)N2C1=O. The largest absolute Gasteiger partial charge is 0.480 e. The van der Waals surface area contributed by atoms with Crippen LogP contribution in [0.2, 0.25) is 0 Å². The normalized spacial score (nSPS) is 32.1. The van der Waals surface area contributed by atoms with E-state index in [1.807, 2.05) is 0 Å². The fraction of sp³-hybridized carbons (Fsp3) is 0.846. The summed E-state index contributed by atoms with van der Waals surface area (Å²) in [6, 6.07) is -0.886. The minimum atomic E-state index is -2.41. The molecule has 1 amide bonds. The highest BCUT2D eigenvalue weighted by Crippen LogP contribution is 2.30. The number of carboxylic acids is 1. The highest BCUT2D eigenvalue weighted by molar-refractivity contribution is 5.86. The monoisotopic (exact) mass is 290 g/mol. The van der Waals surface area contributed by atoms with Crippen LogP contribution in [-0.4, -0.2) is 64.9 Å². The Balaban J connectivity index is 2.12. The third-order valence-electron chi connectivity index (χ3n) is 4.17. The van der Waals surface area contributed by atoms with Crippen molar-refractivity contribution >= 4 is 11.9 Å². The van der Waals surface area contributed by atoms with Gasteiger partial charge in [0.05, 0.1) is 6.54 Å². The summed E-state index contributed by atoms with van der Waals surface area (Å²) in [5.41, 5.74) is 0. The minimum Gasteiger partial charge on any atom is -0.480 e. The lowest BCUT2D eigenvalue weighted by molar-refractivity contribution is -0.152. The van der Waals surface area contributed by atoms with Crippen molar-refractivity contribution in [3.05, 3.63) is 0 Å². The number of fused-ring (bicyclic) bond motifs is 1. The lowest BCUT2D eigenvalue weighted by atomic mass is 10.0. The summed E-state index contributed by atoms with van der Waals surface area (Å²) in [5, 5.41) is 9.19. The van der Waals surface area contributed by atoms with Crippen molar-refractivity contribution in [3.8, 4) is 0 Å². The molecule has 2 saturated heterocycles. The molecular formula is C13H20F2N2O3. The number of carboxylic acid groups (broad SMARTS) is 1. The number of hydrogen-bond acceptors (Lipinski definition) is 3. The van der Waals surface area contributed by atoms with Gasteiger partial charge in [-0.25, -0.2) is 13.6 Å². The van der Waals surface area contributed by atoms with Gasteiger partial charge in [0.2, 0.25) is 5.91 Å². The van der Waals surface area contributed by atoms with E-state index in [2.05, 4.69) is 0 Å². The van der Waals surface area contributed by atoms with Crippen LogP contribution < -0.4 is 0 Å². The molecule has 1 N–H and O–H groups in total. The second kappa shape index (κ2) is 6.03. The quantitative estimate of drug-likeness (QED) is 0.843. The Morgan fingerprint density at radius 2 is 2.10 bits per heavy atom. The van der Waals surface area contributed by atoms with Gasteiger partial charge in [-0.1, -0.05) is 6.92 Å². The average Bonchev–Trinajstić information content (AvgIpc) is 2.76. The van der Waals surface area contributed by atoms with Crippen molar-refractivity contribution < 1.29 is 23.5 Å². The third-order valence-corrected chi connectivity index (χ3v) is 4.17. The van der Waals surface area contributed by atoms with Crippen molar-refractivity contribution in [2.45, 2.75) is 44.7 Å². The van der Waals surface area contributed by atoms with Crippen LogP contribution in [-0.2, 0) is 9.59 Å². The van der Waals surface area contributed by atoms with Gasteiger partial charge >= 0.3 is 5.97 Å². The van der Waals surface area contributed by atoms with Crippen LogP contribution in [0.25, 0.3) is 0 Å². The van der Waals surface area contributed by atoms with E-state index in [1.54, 1.807) is 11.8 Å². The first-order chi connectivity index (χ1) is 9.40. The molecule has 0 unspecified atom stereocenters. The van der Waals surface area contributed by atoms with Gasteiger partial charge in [-0.05, 0) is 19.3 Å². The molecule has 20 heavy (non-hydrogen) atoms. The molecule has 2 fully saturated rings. The smallest absolute Gasteiger partial charge is 0.326 e. The van der Waals surface area contributed by atoms with Gasteiger partial charge in [-0.2, -0.15) is 0 Å². The molecule has 0 saturated carbocycles. The molecule has 7 heteroatoms. The Bertz CT molecular complexity index is 392. The number of amides is 1. The van der Waals surface area contributed by atoms with E-state index in [4.69, 9.17) is 0 Å². The summed E-state index contributed by atoms with van der Waals surface area (Å²) in [7, 11) is 0. The van der Waals surface area contributed by atoms with Crippen molar-refractivity contribution in [3.63, 3.8) is 0 Å². The van der Waals surface area contributed by atoms with E-state index in [1.165, 1.54) is 4.90 Å². The lowest BCUT2D eigenvalue weighted by Crippen LogP contribution is -2.52. The van der Waals surface area contributed by atoms with E-state index < -0.39 is 24.4 Å². The Hall–Kier alpha value is -1.24. The molecule has 2 aliphatic rings. The fourth-order valence-electron chi connectivity index (χ4n) is 3.25. The zero-order chi connectivity index (χ0) is 14.9. The van der Waals surface area contributed by atoms with Crippen LogP contribution in [0.5, 0.6) is 0 Å². The first-order valence-corrected chi connectivity index (χ1v) is 6.95. The number of carbonyl (C=O) groups excluding carboxylic acids is 1. The minimum absolute atomic E-state index is 0.133. The maximum absolute atomic E-state index is 12.5. The van der Waals surface area contributed by atoms with Crippen LogP contribution >= 0.6 is 0 Å². The lowest BCUT2D eigenvalue weighted by Gasteiger charge is -2.36. The summed E-state index contributed by atoms with van der Waals surface area (Å²) < 4.78 is 25.0. The van der Waals surface area contributed by atoms with Crippen LogP contribution in [0.3, 0.4) is 0 Å². The first kappa shape index (κ1) is 15.2. The molecule has 5 nitrogen and oxygen atoms in total. The van der Waals surface area contributed by atoms with Crippen LogP contribution in [0.4, 0.5) is 8.78 Å². The molecule has 0 spiro atoms. The molecule has 0 radical (unpaired) electrons. The van der Waals surface area contributed by atoms with E-state index in [0.29, 0.717) is 25.8 Å². The molecule has 3 atom stereocenters. The summed E-state index contributed by atoms with van der Waals surface area (Å²) in [5.74, 6) is -1.64. The van der Waals surface area contributed by atoms with E-state index in [0.717, 1.165) is 0 Å². The average molecular weight is 290 g/mol. The maximum Gasteiger partial charge on any atom is 0.326 e.